The number of halogens is 1. The summed E-state index contributed by atoms with van der Waals surface area (Å²) in [5.41, 5.74) is 8.93. The number of fused-ring (bicyclic) bond motifs is 1. The highest BCUT2D eigenvalue weighted by Gasteiger charge is 2.38. The summed E-state index contributed by atoms with van der Waals surface area (Å²) in [6.07, 6.45) is 6.18. The molecular weight excluding hydrogens is 509 g/mol. The quantitative estimate of drug-likeness (QED) is 0.367. The largest absolute Gasteiger partial charge is 0.477 e. The van der Waals surface area contributed by atoms with Gasteiger partial charge in [-0.2, -0.15) is 0 Å². The summed E-state index contributed by atoms with van der Waals surface area (Å²) in [6.45, 7) is 1.86. The minimum atomic E-state index is -3.45. The van der Waals surface area contributed by atoms with E-state index in [-0.39, 0.29) is 34.2 Å². The van der Waals surface area contributed by atoms with E-state index in [0.717, 1.165) is 31.6 Å². The van der Waals surface area contributed by atoms with Crippen LogP contribution in [-0.2, 0) is 20.4 Å². The first-order valence-corrected chi connectivity index (χ1v) is 14.4. The van der Waals surface area contributed by atoms with Gasteiger partial charge < -0.3 is 15.8 Å². The van der Waals surface area contributed by atoms with Crippen molar-refractivity contribution in [3.8, 4) is 11.1 Å². The number of amides is 1. The topological polar surface area (TPSA) is 143 Å². The number of para-hydroxylation sites is 1. The summed E-state index contributed by atoms with van der Waals surface area (Å²) in [5.74, 6) is -3.13. The van der Waals surface area contributed by atoms with E-state index in [9.17, 15) is 27.5 Å². The van der Waals surface area contributed by atoms with Crippen LogP contribution in [0, 0.1) is 5.82 Å². The van der Waals surface area contributed by atoms with Crippen molar-refractivity contribution in [1.82, 2.24) is 4.98 Å². The molecule has 1 fully saturated rings. The Labute approximate surface area is 219 Å². The van der Waals surface area contributed by atoms with Crippen molar-refractivity contribution in [1.29, 1.82) is 0 Å². The number of hydrogen-bond donors (Lipinski definition) is 3. The number of hydrogen-bond acceptors (Lipinski definition) is 5. The lowest BCUT2D eigenvalue weighted by molar-refractivity contribution is -0.114. The minimum Gasteiger partial charge on any atom is -0.477 e. The van der Waals surface area contributed by atoms with Crippen LogP contribution in [0.15, 0.2) is 53.0 Å². The molecule has 0 bridgehead atoms. The molecule has 2 heterocycles. The van der Waals surface area contributed by atoms with Gasteiger partial charge >= 0.3 is 5.97 Å². The van der Waals surface area contributed by atoms with Crippen molar-refractivity contribution in [2.24, 2.45) is 10.7 Å². The van der Waals surface area contributed by atoms with Gasteiger partial charge in [0, 0.05) is 45.5 Å². The smallest absolute Gasteiger partial charge is 0.352 e. The van der Waals surface area contributed by atoms with Gasteiger partial charge in [-0.05, 0) is 49.0 Å². The van der Waals surface area contributed by atoms with Crippen LogP contribution >= 0.6 is 0 Å². The third-order valence-electron chi connectivity index (χ3n) is 7.36. The van der Waals surface area contributed by atoms with Crippen LogP contribution in [0.2, 0.25) is 0 Å². The first kappa shape index (κ1) is 26.0. The number of benzene rings is 2. The molecule has 198 valence electrons. The maximum atomic E-state index is 14.8. The highest BCUT2D eigenvalue weighted by molar-refractivity contribution is 7.89. The summed E-state index contributed by atoms with van der Waals surface area (Å²) in [6, 6.07) is 9.34. The van der Waals surface area contributed by atoms with E-state index >= 15 is 0 Å². The second-order valence-corrected chi connectivity index (χ2v) is 12.6. The van der Waals surface area contributed by atoms with Gasteiger partial charge in [-0.3, -0.25) is 4.79 Å². The molecule has 0 spiro atoms. The maximum Gasteiger partial charge on any atom is 0.352 e. The molecule has 3 aromatic rings. The highest BCUT2D eigenvalue weighted by Crippen LogP contribution is 2.40. The molecule has 1 amide bonds. The molecule has 0 radical (unpaired) electrons. The number of aromatic carboxylic acids is 1. The van der Waals surface area contributed by atoms with E-state index < -0.39 is 27.4 Å². The lowest BCUT2D eigenvalue weighted by atomic mass is 9.90. The number of nitrogens with two attached hydrogens (primary N) is 1. The number of nitrogens with zero attached hydrogens (tertiary/aromatic N) is 1. The number of sulfone groups is 1. The van der Waals surface area contributed by atoms with E-state index in [1.54, 1.807) is 18.2 Å². The first-order chi connectivity index (χ1) is 17.8. The predicted octanol–water partition coefficient (Wildman–Crippen LogP) is 4.50. The van der Waals surface area contributed by atoms with Crippen molar-refractivity contribution in [2.75, 3.05) is 6.26 Å². The molecule has 38 heavy (non-hydrogen) atoms. The van der Waals surface area contributed by atoms with Crippen LogP contribution in [0.5, 0.6) is 0 Å². The van der Waals surface area contributed by atoms with Gasteiger partial charge in [0.25, 0.3) is 5.91 Å². The van der Waals surface area contributed by atoms with Crippen LogP contribution in [0.25, 0.3) is 22.0 Å². The summed E-state index contributed by atoms with van der Waals surface area (Å²) >= 11 is 0. The summed E-state index contributed by atoms with van der Waals surface area (Å²) in [5, 5.41) is 10.5. The number of carbonyl (C=O) groups excluding carboxylic acids is 1. The normalized spacial score (nSPS) is 17.4. The molecule has 2 aromatic carbocycles. The number of allylic oxidation sites excluding steroid dienone is 1. The molecule has 0 saturated heterocycles. The summed E-state index contributed by atoms with van der Waals surface area (Å²) < 4.78 is 38.1. The molecule has 1 saturated carbocycles. The van der Waals surface area contributed by atoms with Crippen molar-refractivity contribution < 1.29 is 27.5 Å². The number of nitrogens with one attached hydrogen (secondary N) is 1. The fourth-order valence-electron chi connectivity index (χ4n) is 5.03. The lowest BCUT2D eigenvalue weighted by Crippen LogP contribution is -2.22. The van der Waals surface area contributed by atoms with Gasteiger partial charge in [0.15, 0.2) is 9.84 Å². The Bertz CT molecular complexity index is 1660. The molecule has 1 aliphatic heterocycles. The number of rotatable bonds is 9. The summed E-state index contributed by atoms with van der Waals surface area (Å²) in [4.78, 5) is 32.2. The number of carbonyl (C=O) groups is 2. The Morgan fingerprint density at radius 1 is 1.26 bits per heavy atom. The van der Waals surface area contributed by atoms with Crippen molar-refractivity contribution in [3.05, 3.63) is 70.7 Å². The Morgan fingerprint density at radius 3 is 2.63 bits per heavy atom. The molecular formula is C28H28FN3O5S. The minimum absolute atomic E-state index is 0.00649. The molecule has 2 aliphatic rings. The maximum absolute atomic E-state index is 14.8. The zero-order chi connectivity index (χ0) is 27.4. The Kier molecular flexibility index (Phi) is 6.35. The van der Waals surface area contributed by atoms with Gasteiger partial charge in [-0.15, -0.1) is 0 Å². The number of H-pyrrole nitrogens is 1. The van der Waals surface area contributed by atoms with Crippen LogP contribution in [0.3, 0.4) is 0 Å². The third-order valence-corrected chi connectivity index (χ3v) is 8.19. The Balaban J connectivity index is 1.53. The molecule has 0 unspecified atom stereocenters. The number of aromatic amines is 1. The van der Waals surface area contributed by atoms with E-state index in [1.807, 2.05) is 13.0 Å². The second-order valence-electron chi connectivity index (χ2n) is 10.4. The van der Waals surface area contributed by atoms with Crippen molar-refractivity contribution >= 4 is 38.3 Å². The molecule has 1 atom stereocenters. The number of carboxylic acid groups (broad SMARTS) is 1. The lowest BCUT2D eigenvalue weighted by Gasteiger charge is -2.13. The van der Waals surface area contributed by atoms with Crippen molar-refractivity contribution in [3.63, 3.8) is 0 Å². The summed E-state index contributed by atoms with van der Waals surface area (Å²) in [7, 11) is -3.45. The van der Waals surface area contributed by atoms with Crippen molar-refractivity contribution in [2.45, 2.75) is 49.8 Å². The molecule has 1 aromatic heterocycles. The average Bonchev–Trinajstić information content (AvgIpc) is 3.27. The fraction of sp³-hybridized carbons (Fsp3) is 0.321. The second kappa shape index (κ2) is 9.28. The fourth-order valence-corrected chi connectivity index (χ4v) is 5.82. The molecule has 10 heteroatoms. The number of carboxylic acids is 1. The van der Waals surface area contributed by atoms with E-state index in [4.69, 9.17) is 5.73 Å². The zero-order valence-corrected chi connectivity index (χ0v) is 21.9. The average molecular weight is 538 g/mol. The first-order valence-electron chi connectivity index (χ1n) is 12.3. The standard InChI is InChI=1S/C28H28FN3O5S/c1-15(21-13-18(31-26(21)33)8-9-28(30)10-11-28)19-4-3-5-20-23(25(27(34)35)32-24(19)20)16-6-7-17(22(29)12-16)14-38(2,36)37/h3-7,12-13,15,32H,8-11,14,30H2,1-2H3,(H,34,35)/t15-/m0/s1. The van der Waals surface area contributed by atoms with E-state index in [0.29, 0.717) is 39.7 Å². The monoisotopic (exact) mass is 537 g/mol. The van der Waals surface area contributed by atoms with Gasteiger partial charge in [0.05, 0.1) is 11.3 Å². The van der Waals surface area contributed by atoms with Gasteiger partial charge in [0.2, 0.25) is 0 Å². The Hall–Kier alpha value is -3.63. The molecule has 5 rings (SSSR count). The van der Waals surface area contributed by atoms with Crippen LogP contribution in [0.4, 0.5) is 4.39 Å². The Morgan fingerprint density at radius 2 is 2.00 bits per heavy atom. The van der Waals surface area contributed by atoms with Gasteiger partial charge in [-0.25, -0.2) is 22.6 Å². The molecule has 1 aliphatic carbocycles. The molecule has 8 nitrogen and oxygen atoms in total. The van der Waals surface area contributed by atoms with Crippen LogP contribution in [0.1, 0.15) is 60.1 Å². The number of aliphatic imine (C=N–C) groups is 1. The zero-order valence-electron chi connectivity index (χ0n) is 21.0. The van der Waals surface area contributed by atoms with E-state index in [1.165, 1.54) is 12.1 Å². The third kappa shape index (κ3) is 5.06. The highest BCUT2D eigenvalue weighted by atomic mass is 32.2. The predicted molar refractivity (Wildman–Crippen MR) is 144 cm³/mol. The van der Waals surface area contributed by atoms with Crippen LogP contribution in [-0.4, -0.2) is 47.9 Å². The van der Waals surface area contributed by atoms with Crippen LogP contribution < -0.4 is 5.73 Å². The molecule has 4 N–H and O–H groups in total. The number of aromatic nitrogens is 1. The van der Waals surface area contributed by atoms with Gasteiger partial charge in [0.1, 0.15) is 11.5 Å². The SMILES string of the molecule is C[C@H](C1=CC(CCC2(N)CC2)=NC1=O)c1cccc2c(-c3ccc(CS(C)(=O)=O)c(F)c3)c(C(=O)O)[nH]c12. The van der Waals surface area contributed by atoms with E-state index in [2.05, 4.69) is 9.98 Å². The van der Waals surface area contributed by atoms with Gasteiger partial charge in [-0.1, -0.05) is 37.3 Å².